The summed E-state index contributed by atoms with van der Waals surface area (Å²) in [6.07, 6.45) is 4.43. The molecule has 47 heavy (non-hydrogen) atoms. The molecule has 12 heteroatoms. The zero-order valence-corrected chi connectivity index (χ0v) is 32.2. The fourth-order valence-electron chi connectivity index (χ4n) is 4.80. The SMILES string of the molecule is C#CCCC[C@H](NC(=O)[C@@H](N)C(C)C)[C@H](C)C(=O)N(C)[C@H](C(=O)O[C@H](C(=O)O[C@H](C(=O)OCC[Si](C)(C)C)C(C)C)C(C)C)C(C)C. The summed E-state index contributed by atoms with van der Waals surface area (Å²) in [6, 6.07) is -1.60. The lowest BCUT2D eigenvalue weighted by atomic mass is 9.92. The summed E-state index contributed by atoms with van der Waals surface area (Å²) in [7, 11) is 0.0531. The Balaban J connectivity index is 5.96. The van der Waals surface area contributed by atoms with Gasteiger partial charge in [0.1, 0.15) is 6.04 Å². The Labute approximate surface area is 284 Å². The number of hydrogen-bond acceptors (Lipinski definition) is 9. The normalized spacial score (nSPS) is 15.7. The van der Waals surface area contributed by atoms with E-state index in [1.54, 1.807) is 48.5 Å². The highest BCUT2D eigenvalue weighted by molar-refractivity contribution is 6.76. The molecule has 0 fully saturated rings. The minimum absolute atomic E-state index is 0.104. The largest absolute Gasteiger partial charge is 0.463 e. The van der Waals surface area contributed by atoms with E-state index in [4.69, 9.17) is 26.4 Å². The van der Waals surface area contributed by atoms with Crippen LogP contribution in [0.1, 0.15) is 81.6 Å². The van der Waals surface area contributed by atoms with Crippen molar-refractivity contribution in [3.8, 4) is 12.3 Å². The lowest BCUT2D eigenvalue weighted by Crippen LogP contribution is -2.55. The molecule has 0 aromatic rings. The van der Waals surface area contributed by atoms with Crippen molar-refractivity contribution >= 4 is 37.8 Å². The number of nitrogens with zero attached hydrogens (tertiary/aromatic N) is 1. The highest BCUT2D eigenvalue weighted by atomic mass is 28.3. The Kier molecular flexibility index (Phi) is 19.2. The van der Waals surface area contributed by atoms with Gasteiger partial charge >= 0.3 is 17.9 Å². The topological polar surface area (TPSA) is 154 Å². The Morgan fingerprint density at radius 3 is 1.77 bits per heavy atom. The predicted octanol–water partition coefficient (Wildman–Crippen LogP) is 4.39. The zero-order valence-electron chi connectivity index (χ0n) is 31.2. The van der Waals surface area contributed by atoms with E-state index < -0.39 is 74.1 Å². The van der Waals surface area contributed by atoms with Gasteiger partial charge in [-0.2, -0.15) is 0 Å². The number of ether oxygens (including phenoxy) is 3. The standard InChI is InChI=1S/C35H63N3O8Si/c1-15-16-17-18-26(37-31(39)27(36)21(2)3)25(10)32(40)38(11)28(22(4)5)33(41)45-30(24(8)9)35(43)46-29(23(6)7)34(42)44-19-20-47(12,13)14/h1,21-30H,16-20,36H2,2-14H3,(H,37,39)/t25-,26-,27-,28-,29-,30-/m0/s1. The number of nitrogens with two attached hydrogens (primary N) is 1. The van der Waals surface area contributed by atoms with Crippen LogP contribution in [0.15, 0.2) is 0 Å². The molecular weight excluding hydrogens is 618 g/mol. The van der Waals surface area contributed by atoms with Crippen LogP contribution in [0.5, 0.6) is 0 Å². The van der Waals surface area contributed by atoms with Crippen LogP contribution in [0.4, 0.5) is 0 Å². The van der Waals surface area contributed by atoms with Crippen molar-refractivity contribution < 1.29 is 38.2 Å². The monoisotopic (exact) mass is 681 g/mol. The van der Waals surface area contributed by atoms with Crippen LogP contribution in [-0.4, -0.2) is 86.7 Å². The minimum Gasteiger partial charge on any atom is -0.463 e. The van der Waals surface area contributed by atoms with Crippen molar-refractivity contribution in [1.82, 2.24) is 10.2 Å². The number of esters is 3. The molecule has 270 valence electrons. The van der Waals surface area contributed by atoms with E-state index in [2.05, 4.69) is 30.9 Å². The van der Waals surface area contributed by atoms with E-state index >= 15 is 0 Å². The molecular formula is C35H63N3O8Si. The third-order valence-electron chi connectivity index (χ3n) is 8.07. The van der Waals surface area contributed by atoms with Crippen molar-refractivity contribution in [2.75, 3.05) is 13.7 Å². The Morgan fingerprint density at radius 1 is 0.809 bits per heavy atom. The number of carbonyl (C=O) groups is 5. The molecule has 6 atom stereocenters. The molecule has 0 aliphatic heterocycles. The summed E-state index contributed by atoms with van der Waals surface area (Å²) in [6.45, 7) is 22.5. The fourth-order valence-corrected chi connectivity index (χ4v) is 5.51. The first-order valence-electron chi connectivity index (χ1n) is 16.9. The van der Waals surface area contributed by atoms with E-state index in [-0.39, 0.29) is 30.3 Å². The maximum absolute atomic E-state index is 13.8. The maximum Gasteiger partial charge on any atom is 0.348 e. The predicted molar refractivity (Wildman–Crippen MR) is 187 cm³/mol. The Bertz CT molecular complexity index is 1080. The molecule has 2 amide bonds. The molecule has 0 aliphatic rings. The lowest BCUT2D eigenvalue weighted by Gasteiger charge is -2.35. The second-order valence-corrected chi connectivity index (χ2v) is 20.7. The van der Waals surface area contributed by atoms with Gasteiger partial charge < -0.3 is 30.2 Å². The van der Waals surface area contributed by atoms with Crippen molar-refractivity contribution in [3.05, 3.63) is 0 Å². The van der Waals surface area contributed by atoms with Gasteiger partial charge in [0.25, 0.3) is 0 Å². The first kappa shape index (κ1) is 44.1. The quantitative estimate of drug-likeness (QED) is 0.0626. The fraction of sp³-hybridized carbons (Fsp3) is 0.800. The molecule has 0 spiro atoms. The molecule has 3 N–H and O–H groups in total. The highest BCUT2D eigenvalue weighted by Gasteiger charge is 2.40. The molecule has 0 aromatic heterocycles. The van der Waals surface area contributed by atoms with Gasteiger partial charge in [0, 0.05) is 39.4 Å². The Morgan fingerprint density at radius 2 is 1.32 bits per heavy atom. The molecule has 0 rings (SSSR count). The third kappa shape index (κ3) is 15.2. The van der Waals surface area contributed by atoms with Gasteiger partial charge in [-0.25, -0.2) is 14.4 Å². The van der Waals surface area contributed by atoms with Crippen LogP contribution in [0.25, 0.3) is 0 Å². The van der Waals surface area contributed by atoms with Crippen LogP contribution in [0.3, 0.4) is 0 Å². The van der Waals surface area contributed by atoms with E-state index in [0.29, 0.717) is 19.3 Å². The average Bonchev–Trinajstić information content (AvgIpc) is 2.95. The first-order chi connectivity index (χ1) is 21.6. The summed E-state index contributed by atoms with van der Waals surface area (Å²) >= 11 is 0. The summed E-state index contributed by atoms with van der Waals surface area (Å²) in [5.74, 6) is -2.56. The number of nitrogens with one attached hydrogen (secondary N) is 1. The second kappa shape index (κ2) is 20.5. The summed E-state index contributed by atoms with van der Waals surface area (Å²) in [5.41, 5.74) is 6.06. The van der Waals surface area contributed by atoms with Gasteiger partial charge in [-0.3, -0.25) is 9.59 Å². The molecule has 0 aliphatic carbocycles. The van der Waals surface area contributed by atoms with Gasteiger partial charge in [-0.05, 0) is 30.7 Å². The smallest absolute Gasteiger partial charge is 0.348 e. The van der Waals surface area contributed by atoms with Crippen LogP contribution >= 0.6 is 0 Å². The average molecular weight is 682 g/mol. The summed E-state index contributed by atoms with van der Waals surface area (Å²) in [5, 5.41) is 2.91. The number of rotatable bonds is 20. The minimum atomic E-state index is -1.45. The molecule has 0 saturated heterocycles. The van der Waals surface area contributed by atoms with Gasteiger partial charge in [-0.1, -0.05) is 82.0 Å². The van der Waals surface area contributed by atoms with Crippen LogP contribution in [-0.2, 0) is 38.2 Å². The van der Waals surface area contributed by atoms with E-state index in [0.717, 1.165) is 6.04 Å². The van der Waals surface area contributed by atoms with E-state index in [1.807, 2.05) is 13.8 Å². The number of likely N-dealkylation sites (N-methyl/N-ethyl adjacent to an activating group) is 1. The number of amides is 2. The number of carbonyl (C=O) groups excluding carboxylic acids is 5. The van der Waals surface area contributed by atoms with Gasteiger partial charge in [0.05, 0.1) is 18.6 Å². The van der Waals surface area contributed by atoms with Crippen molar-refractivity contribution in [1.29, 1.82) is 0 Å². The maximum atomic E-state index is 13.8. The van der Waals surface area contributed by atoms with Gasteiger partial charge in [-0.15, -0.1) is 12.3 Å². The number of unbranched alkanes of at least 4 members (excludes halogenated alkanes) is 1. The highest BCUT2D eigenvalue weighted by Crippen LogP contribution is 2.22. The molecule has 0 bridgehead atoms. The summed E-state index contributed by atoms with van der Waals surface area (Å²) in [4.78, 5) is 67.8. The van der Waals surface area contributed by atoms with Gasteiger partial charge in [0.15, 0.2) is 0 Å². The van der Waals surface area contributed by atoms with Crippen molar-refractivity contribution in [2.24, 2.45) is 35.3 Å². The number of terminal acetylenes is 1. The molecule has 0 heterocycles. The molecule has 0 saturated carbocycles. The molecule has 0 aromatic carbocycles. The lowest BCUT2D eigenvalue weighted by molar-refractivity contribution is -0.186. The van der Waals surface area contributed by atoms with Gasteiger partial charge in [0.2, 0.25) is 24.0 Å². The zero-order chi connectivity index (χ0) is 36.8. The summed E-state index contributed by atoms with van der Waals surface area (Å²) < 4.78 is 16.8. The van der Waals surface area contributed by atoms with Crippen LogP contribution in [0, 0.1) is 41.9 Å². The first-order valence-corrected chi connectivity index (χ1v) is 20.6. The van der Waals surface area contributed by atoms with Crippen molar-refractivity contribution in [2.45, 2.75) is 138 Å². The van der Waals surface area contributed by atoms with E-state index in [9.17, 15) is 24.0 Å². The van der Waals surface area contributed by atoms with Crippen LogP contribution < -0.4 is 11.1 Å². The molecule has 0 unspecified atom stereocenters. The van der Waals surface area contributed by atoms with E-state index in [1.165, 1.54) is 11.9 Å². The Hall–Kier alpha value is -2.91. The molecule has 11 nitrogen and oxygen atoms in total. The van der Waals surface area contributed by atoms with Crippen molar-refractivity contribution in [3.63, 3.8) is 0 Å². The molecule has 0 radical (unpaired) electrons. The third-order valence-corrected chi connectivity index (χ3v) is 9.78. The number of hydrogen-bond donors (Lipinski definition) is 2. The van der Waals surface area contributed by atoms with Crippen LogP contribution in [0.2, 0.25) is 25.7 Å². The second-order valence-electron chi connectivity index (χ2n) is 15.1.